The molecule has 30 heavy (non-hydrogen) atoms. The van der Waals surface area contributed by atoms with Crippen LogP contribution in [0.1, 0.15) is 22.9 Å². The van der Waals surface area contributed by atoms with E-state index in [1.807, 2.05) is 18.2 Å². The van der Waals surface area contributed by atoms with Gasteiger partial charge in [0.1, 0.15) is 11.6 Å². The normalized spacial score (nSPS) is 15.8. The summed E-state index contributed by atoms with van der Waals surface area (Å²) in [5, 5.41) is 3.98. The molecule has 1 aliphatic rings. The fraction of sp³-hybridized carbons (Fsp3) is 0.125. The number of aromatic amines is 1. The second kappa shape index (κ2) is 7.30. The summed E-state index contributed by atoms with van der Waals surface area (Å²) in [5.41, 5.74) is 4.45. The number of para-hydroxylation sites is 1. The van der Waals surface area contributed by atoms with E-state index in [1.165, 1.54) is 42.0 Å². The van der Waals surface area contributed by atoms with Crippen molar-refractivity contribution in [3.8, 4) is 0 Å². The maximum Gasteiger partial charge on any atom is 0.322 e. The quantitative estimate of drug-likeness (QED) is 0.448. The van der Waals surface area contributed by atoms with E-state index in [0.29, 0.717) is 18.7 Å². The number of halogens is 2. The fourth-order valence-corrected chi connectivity index (χ4v) is 4.18. The molecule has 150 valence electrons. The van der Waals surface area contributed by atoms with Crippen LogP contribution >= 0.6 is 0 Å². The van der Waals surface area contributed by atoms with Gasteiger partial charge in [0, 0.05) is 28.8 Å². The Balaban J connectivity index is 1.56. The molecule has 2 heterocycles. The number of rotatable bonds is 2. The third-order valence-electron chi connectivity index (χ3n) is 5.58. The third-order valence-corrected chi connectivity index (χ3v) is 5.58. The van der Waals surface area contributed by atoms with Crippen LogP contribution in [0, 0.1) is 11.6 Å². The van der Waals surface area contributed by atoms with Crippen LogP contribution in [0.2, 0.25) is 0 Å². The highest BCUT2D eigenvalue weighted by molar-refractivity contribution is 5.91. The van der Waals surface area contributed by atoms with Gasteiger partial charge in [-0.05, 0) is 60.0 Å². The zero-order valence-corrected chi connectivity index (χ0v) is 16.0. The molecule has 2 N–H and O–H groups in total. The van der Waals surface area contributed by atoms with Crippen molar-refractivity contribution in [3.05, 3.63) is 101 Å². The zero-order valence-electron chi connectivity index (χ0n) is 16.0. The van der Waals surface area contributed by atoms with Crippen molar-refractivity contribution in [2.24, 2.45) is 0 Å². The van der Waals surface area contributed by atoms with Gasteiger partial charge in [-0.1, -0.05) is 30.3 Å². The molecule has 0 fully saturated rings. The lowest BCUT2D eigenvalue weighted by atomic mass is 9.92. The van der Waals surface area contributed by atoms with Gasteiger partial charge >= 0.3 is 6.03 Å². The first kappa shape index (κ1) is 18.4. The Labute approximate surface area is 172 Å². The Hall–Kier alpha value is -3.67. The van der Waals surface area contributed by atoms with Gasteiger partial charge < -0.3 is 15.2 Å². The van der Waals surface area contributed by atoms with Gasteiger partial charge in [0.25, 0.3) is 0 Å². The second-order valence-electron chi connectivity index (χ2n) is 7.40. The van der Waals surface area contributed by atoms with Crippen LogP contribution in [0.4, 0.5) is 19.3 Å². The monoisotopic (exact) mass is 403 g/mol. The Kier molecular flexibility index (Phi) is 4.47. The van der Waals surface area contributed by atoms with E-state index in [0.717, 1.165) is 22.2 Å². The summed E-state index contributed by atoms with van der Waals surface area (Å²) in [7, 11) is 0. The molecule has 0 spiro atoms. The van der Waals surface area contributed by atoms with Gasteiger partial charge in [-0.15, -0.1) is 0 Å². The summed E-state index contributed by atoms with van der Waals surface area (Å²) in [5.74, 6) is -0.688. The minimum Gasteiger partial charge on any atom is -0.356 e. The van der Waals surface area contributed by atoms with Crippen molar-refractivity contribution in [2.75, 3.05) is 11.9 Å². The average Bonchev–Trinajstić information content (AvgIpc) is 3.14. The number of urea groups is 1. The second-order valence-corrected chi connectivity index (χ2v) is 7.40. The van der Waals surface area contributed by atoms with Crippen LogP contribution in [0.5, 0.6) is 0 Å². The molecule has 3 aromatic carbocycles. The minimum atomic E-state index is -0.387. The van der Waals surface area contributed by atoms with Gasteiger partial charge in [0.05, 0.1) is 6.04 Å². The van der Waals surface area contributed by atoms with Crippen molar-refractivity contribution in [1.29, 1.82) is 0 Å². The zero-order chi connectivity index (χ0) is 20.7. The summed E-state index contributed by atoms with van der Waals surface area (Å²) in [6.07, 6.45) is 0.702. The summed E-state index contributed by atoms with van der Waals surface area (Å²) >= 11 is 0. The summed E-state index contributed by atoms with van der Waals surface area (Å²) in [6, 6.07) is 19.3. The number of nitrogens with one attached hydrogen (secondary N) is 2. The van der Waals surface area contributed by atoms with Crippen molar-refractivity contribution in [2.45, 2.75) is 12.5 Å². The van der Waals surface area contributed by atoms with Crippen molar-refractivity contribution in [3.63, 3.8) is 0 Å². The highest BCUT2D eigenvalue weighted by Crippen LogP contribution is 2.38. The third kappa shape index (κ3) is 3.20. The van der Waals surface area contributed by atoms with E-state index >= 15 is 0 Å². The van der Waals surface area contributed by atoms with Crippen molar-refractivity contribution < 1.29 is 13.6 Å². The van der Waals surface area contributed by atoms with Crippen LogP contribution in [0.3, 0.4) is 0 Å². The van der Waals surface area contributed by atoms with E-state index in [4.69, 9.17) is 0 Å². The SMILES string of the molecule is O=C(Nc1ccc(F)cc1)N1CCc2c([nH]c3ccccc23)[C@H]1c1ccc(F)cc1. The smallest absolute Gasteiger partial charge is 0.322 e. The average molecular weight is 403 g/mol. The number of nitrogens with zero attached hydrogens (tertiary/aromatic N) is 1. The van der Waals surface area contributed by atoms with E-state index in [-0.39, 0.29) is 23.7 Å². The number of hydrogen-bond donors (Lipinski definition) is 2. The lowest BCUT2D eigenvalue weighted by molar-refractivity contribution is 0.193. The van der Waals surface area contributed by atoms with Crippen LogP contribution in [-0.4, -0.2) is 22.5 Å². The molecule has 5 rings (SSSR count). The van der Waals surface area contributed by atoms with Gasteiger partial charge in [0.2, 0.25) is 0 Å². The Morgan fingerprint density at radius 3 is 2.33 bits per heavy atom. The highest BCUT2D eigenvalue weighted by atomic mass is 19.1. The lowest BCUT2D eigenvalue weighted by Gasteiger charge is -2.36. The molecular formula is C24H19F2N3O. The van der Waals surface area contributed by atoms with Crippen LogP contribution < -0.4 is 5.32 Å². The lowest BCUT2D eigenvalue weighted by Crippen LogP contribution is -2.43. The van der Waals surface area contributed by atoms with Gasteiger partial charge in [0.15, 0.2) is 0 Å². The molecule has 4 nitrogen and oxygen atoms in total. The minimum absolute atomic E-state index is 0.291. The predicted octanol–water partition coefficient (Wildman–Crippen LogP) is 5.63. The Morgan fingerprint density at radius 2 is 1.60 bits per heavy atom. The first-order chi connectivity index (χ1) is 14.6. The maximum atomic E-state index is 13.6. The molecule has 1 atom stereocenters. The predicted molar refractivity (Wildman–Crippen MR) is 112 cm³/mol. The molecule has 1 aliphatic heterocycles. The van der Waals surface area contributed by atoms with Crippen LogP contribution in [0.25, 0.3) is 10.9 Å². The maximum absolute atomic E-state index is 13.6. The number of amides is 2. The molecule has 0 radical (unpaired) electrons. The Bertz CT molecular complexity index is 1220. The molecule has 0 saturated heterocycles. The summed E-state index contributed by atoms with van der Waals surface area (Å²) < 4.78 is 26.8. The van der Waals surface area contributed by atoms with Crippen molar-refractivity contribution >= 4 is 22.6 Å². The number of benzene rings is 3. The van der Waals surface area contributed by atoms with E-state index < -0.39 is 0 Å². The molecule has 0 saturated carbocycles. The Morgan fingerprint density at radius 1 is 0.933 bits per heavy atom. The van der Waals surface area contributed by atoms with E-state index in [9.17, 15) is 13.6 Å². The molecular weight excluding hydrogens is 384 g/mol. The van der Waals surface area contributed by atoms with Crippen LogP contribution in [-0.2, 0) is 6.42 Å². The summed E-state index contributed by atoms with van der Waals surface area (Å²) in [4.78, 5) is 18.4. The molecule has 0 unspecified atom stereocenters. The molecule has 4 aromatic rings. The first-order valence-electron chi connectivity index (χ1n) is 9.78. The van der Waals surface area contributed by atoms with E-state index in [2.05, 4.69) is 16.4 Å². The van der Waals surface area contributed by atoms with E-state index in [1.54, 1.807) is 17.0 Å². The molecule has 6 heteroatoms. The number of H-pyrrole nitrogens is 1. The highest BCUT2D eigenvalue weighted by Gasteiger charge is 2.34. The number of carbonyl (C=O) groups excluding carboxylic acids is 1. The molecule has 2 amide bonds. The molecule has 0 aliphatic carbocycles. The van der Waals surface area contributed by atoms with Gasteiger partial charge in [-0.2, -0.15) is 0 Å². The number of aromatic nitrogens is 1. The molecule has 0 bridgehead atoms. The number of anilines is 1. The molecule has 1 aromatic heterocycles. The summed E-state index contributed by atoms with van der Waals surface area (Å²) in [6.45, 7) is 0.504. The standard InChI is InChI=1S/C24H19F2N3O/c25-16-7-5-15(6-8-16)23-22-20(19-3-1-2-4-21(19)28-22)13-14-29(23)24(30)27-18-11-9-17(26)10-12-18/h1-12,23,28H,13-14H2,(H,27,30)/t23-/m1/s1. The number of carbonyl (C=O) groups is 1. The fourth-order valence-electron chi connectivity index (χ4n) is 4.18. The van der Waals surface area contributed by atoms with Gasteiger partial charge in [-0.3, -0.25) is 0 Å². The van der Waals surface area contributed by atoms with Gasteiger partial charge in [-0.25, -0.2) is 13.6 Å². The largest absolute Gasteiger partial charge is 0.356 e. The topological polar surface area (TPSA) is 48.1 Å². The number of hydrogen-bond acceptors (Lipinski definition) is 1. The first-order valence-corrected chi connectivity index (χ1v) is 9.78. The van der Waals surface area contributed by atoms with Crippen molar-refractivity contribution in [1.82, 2.24) is 9.88 Å². The number of fused-ring (bicyclic) bond motifs is 3. The van der Waals surface area contributed by atoms with Crippen LogP contribution in [0.15, 0.2) is 72.8 Å².